The lowest BCUT2D eigenvalue weighted by Gasteiger charge is -2.25. The van der Waals surface area contributed by atoms with Crippen molar-refractivity contribution in [3.8, 4) is 5.69 Å². The number of para-hydroxylation sites is 1. The van der Waals surface area contributed by atoms with Gasteiger partial charge in [0.2, 0.25) is 5.91 Å². The first kappa shape index (κ1) is 18.2. The molecule has 26 heavy (non-hydrogen) atoms. The van der Waals surface area contributed by atoms with Gasteiger partial charge in [-0.2, -0.15) is 5.10 Å². The molecule has 0 fully saturated rings. The minimum Gasteiger partial charge on any atom is -0.339 e. The largest absolute Gasteiger partial charge is 0.339 e. The minimum atomic E-state index is -0.0201. The van der Waals surface area contributed by atoms with Gasteiger partial charge in [-0.15, -0.1) is 0 Å². The molecule has 0 radical (unpaired) electrons. The molecule has 0 N–H and O–H groups in total. The van der Waals surface area contributed by atoms with Gasteiger partial charge in [-0.3, -0.25) is 4.79 Å². The van der Waals surface area contributed by atoms with Crippen LogP contribution in [0.1, 0.15) is 30.5 Å². The highest BCUT2D eigenvalue weighted by Gasteiger charge is 2.17. The fourth-order valence-corrected chi connectivity index (χ4v) is 3.04. The summed E-state index contributed by atoms with van der Waals surface area (Å²) >= 11 is 6.05. The van der Waals surface area contributed by atoms with Crippen LogP contribution in [-0.2, 0) is 11.2 Å². The number of carbonyl (C=O) groups is 1. The predicted octanol–water partition coefficient (Wildman–Crippen LogP) is 4.68. The molecule has 134 valence electrons. The quantitative estimate of drug-likeness (QED) is 0.634. The summed E-state index contributed by atoms with van der Waals surface area (Å²) in [5, 5.41) is 5.06. The number of nitrogens with zero attached hydrogens (tertiary/aromatic N) is 3. The van der Waals surface area contributed by atoms with Crippen molar-refractivity contribution < 1.29 is 4.79 Å². The monoisotopic (exact) mass is 367 g/mol. The topological polar surface area (TPSA) is 38.1 Å². The molecule has 1 aromatic heterocycles. The molecule has 2 aromatic carbocycles. The van der Waals surface area contributed by atoms with Gasteiger partial charge in [-0.05, 0) is 48.7 Å². The van der Waals surface area contributed by atoms with Crippen molar-refractivity contribution in [2.24, 2.45) is 0 Å². The predicted molar refractivity (Wildman–Crippen MR) is 105 cm³/mol. The Hall–Kier alpha value is -2.59. The molecule has 5 heteroatoms. The number of hydrogen-bond donors (Lipinski definition) is 0. The van der Waals surface area contributed by atoms with E-state index in [0.717, 1.165) is 16.8 Å². The molecule has 4 nitrogen and oxygen atoms in total. The molecular weight excluding hydrogens is 346 g/mol. The number of halogens is 1. The molecule has 1 amide bonds. The number of benzene rings is 2. The summed E-state index contributed by atoms with van der Waals surface area (Å²) in [6.07, 6.45) is 4.91. The third kappa shape index (κ3) is 4.33. The fourth-order valence-electron chi connectivity index (χ4n) is 2.84. The van der Waals surface area contributed by atoms with E-state index in [9.17, 15) is 4.79 Å². The van der Waals surface area contributed by atoms with Gasteiger partial charge in [0.15, 0.2) is 0 Å². The van der Waals surface area contributed by atoms with E-state index in [-0.39, 0.29) is 11.9 Å². The summed E-state index contributed by atoms with van der Waals surface area (Å²) in [6.45, 7) is 2.01. The summed E-state index contributed by atoms with van der Waals surface area (Å²) in [4.78, 5) is 14.3. The van der Waals surface area contributed by atoms with Crippen molar-refractivity contribution in [2.45, 2.75) is 25.8 Å². The highest BCUT2D eigenvalue weighted by atomic mass is 35.5. The van der Waals surface area contributed by atoms with E-state index >= 15 is 0 Å². The van der Waals surface area contributed by atoms with Crippen LogP contribution in [0.25, 0.3) is 5.69 Å². The molecule has 1 atom stereocenters. The van der Waals surface area contributed by atoms with Crippen LogP contribution < -0.4 is 0 Å². The van der Waals surface area contributed by atoms with Crippen LogP contribution in [0.2, 0.25) is 5.02 Å². The van der Waals surface area contributed by atoms with Gasteiger partial charge >= 0.3 is 0 Å². The zero-order valence-electron chi connectivity index (χ0n) is 15.0. The van der Waals surface area contributed by atoms with E-state index in [4.69, 9.17) is 11.6 Å². The van der Waals surface area contributed by atoms with Gasteiger partial charge in [0.05, 0.1) is 17.9 Å². The average molecular weight is 368 g/mol. The molecule has 0 aliphatic rings. The number of aromatic nitrogens is 2. The third-order valence-electron chi connectivity index (χ3n) is 4.59. The Kier molecular flexibility index (Phi) is 5.74. The van der Waals surface area contributed by atoms with Crippen molar-refractivity contribution in [3.63, 3.8) is 0 Å². The zero-order chi connectivity index (χ0) is 18.5. The molecule has 0 saturated carbocycles. The Morgan fingerprint density at radius 3 is 2.69 bits per heavy atom. The molecule has 0 spiro atoms. The van der Waals surface area contributed by atoms with E-state index in [1.807, 2.05) is 85.6 Å². The highest BCUT2D eigenvalue weighted by Crippen LogP contribution is 2.22. The molecular formula is C21H22ClN3O. The standard InChI is InChI=1S/C21H22ClN3O/c1-16(18-7-6-8-19(22)13-18)24(2)21(26)12-11-17-14-23-25(15-17)20-9-4-3-5-10-20/h3-10,13-16H,11-12H2,1-2H3. The first-order valence-corrected chi connectivity index (χ1v) is 9.02. The Bertz CT molecular complexity index is 876. The minimum absolute atomic E-state index is 0.0201. The van der Waals surface area contributed by atoms with Gasteiger partial charge in [0.1, 0.15) is 0 Å². The summed E-state index contributed by atoms with van der Waals surface area (Å²) in [6, 6.07) is 17.6. The number of amides is 1. The molecule has 0 bridgehead atoms. The second kappa shape index (κ2) is 8.19. The van der Waals surface area contributed by atoms with Gasteiger partial charge < -0.3 is 4.90 Å². The Balaban J connectivity index is 1.59. The van der Waals surface area contributed by atoms with Crippen molar-refractivity contribution in [3.05, 3.63) is 83.1 Å². The maximum Gasteiger partial charge on any atom is 0.223 e. The van der Waals surface area contributed by atoms with Crippen molar-refractivity contribution in [2.75, 3.05) is 7.05 Å². The van der Waals surface area contributed by atoms with Crippen molar-refractivity contribution in [1.29, 1.82) is 0 Å². The second-order valence-corrected chi connectivity index (χ2v) is 6.80. The summed E-state index contributed by atoms with van der Waals surface area (Å²) in [5.41, 5.74) is 3.09. The maximum atomic E-state index is 12.6. The van der Waals surface area contributed by atoms with Crippen LogP contribution in [0.4, 0.5) is 0 Å². The lowest BCUT2D eigenvalue weighted by atomic mass is 10.1. The van der Waals surface area contributed by atoms with Crippen LogP contribution >= 0.6 is 11.6 Å². The first-order chi connectivity index (χ1) is 12.5. The molecule has 0 aliphatic heterocycles. The first-order valence-electron chi connectivity index (χ1n) is 8.64. The molecule has 0 aliphatic carbocycles. The smallest absolute Gasteiger partial charge is 0.223 e. The normalized spacial score (nSPS) is 12.0. The van der Waals surface area contributed by atoms with E-state index in [0.29, 0.717) is 17.9 Å². The molecule has 3 rings (SSSR count). The van der Waals surface area contributed by atoms with Crippen molar-refractivity contribution >= 4 is 17.5 Å². The molecule has 1 heterocycles. The van der Waals surface area contributed by atoms with Crippen LogP contribution in [0.5, 0.6) is 0 Å². The number of hydrogen-bond acceptors (Lipinski definition) is 2. The second-order valence-electron chi connectivity index (χ2n) is 6.36. The highest BCUT2D eigenvalue weighted by molar-refractivity contribution is 6.30. The maximum absolute atomic E-state index is 12.6. The van der Waals surface area contributed by atoms with Gasteiger partial charge in [-0.25, -0.2) is 4.68 Å². The molecule has 1 unspecified atom stereocenters. The Labute approximate surface area is 159 Å². The van der Waals surface area contributed by atoms with Crippen LogP contribution in [0.15, 0.2) is 67.0 Å². The number of rotatable bonds is 6. The average Bonchev–Trinajstić information content (AvgIpc) is 3.14. The summed E-state index contributed by atoms with van der Waals surface area (Å²) in [7, 11) is 1.83. The summed E-state index contributed by atoms with van der Waals surface area (Å²) < 4.78 is 1.83. The lowest BCUT2D eigenvalue weighted by Crippen LogP contribution is -2.29. The van der Waals surface area contributed by atoms with Crippen molar-refractivity contribution in [1.82, 2.24) is 14.7 Å². The number of aryl methyl sites for hydroxylation is 1. The van der Waals surface area contributed by atoms with Crippen LogP contribution in [-0.4, -0.2) is 27.6 Å². The van der Waals surface area contributed by atoms with Crippen LogP contribution in [0.3, 0.4) is 0 Å². The fraction of sp³-hybridized carbons (Fsp3) is 0.238. The van der Waals surface area contributed by atoms with Gasteiger partial charge in [0.25, 0.3) is 0 Å². The summed E-state index contributed by atoms with van der Waals surface area (Å²) in [5.74, 6) is 0.102. The van der Waals surface area contributed by atoms with Gasteiger partial charge in [-0.1, -0.05) is 41.9 Å². The molecule has 0 saturated heterocycles. The van der Waals surface area contributed by atoms with E-state index in [1.54, 1.807) is 4.90 Å². The van der Waals surface area contributed by atoms with Crippen LogP contribution in [0, 0.1) is 0 Å². The Morgan fingerprint density at radius 2 is 1.96 bits per heavy atom. The van der Waals surface area contributed by atoms with E-state index in [1.165, 1.54) is 0 Å². The van der Waals surface area contributed by atoms with E-state index in [2.05, 4.69) is 5.10 Å². The van der Waals surface area contributed by atoms with Gasteiger partial charge in [0, 0.05) is 24.7 Å². The Morgan fingerprint density at radius 1 is 1.19 bits per heavy atom. The SMILES string of the molecule is CC(c1cccc(Cl)c1)N(C)C(=O)CCc1cnn(-c2ccccc2)c1. The third-order valence-corrected chi connectivity index (χ3v) is 4.82. The zero-order valence-corrected chi connectivity index (χ0v) is 15.7. The molecule has 3 aromatic rings. The lowest BCUT2D eigenvalue weighted by molar-refractivity contribution is -0.131. The number of carbonyl (C=O) groups excluding carboxylic acids is 1. The van der Waals surface area contributed by atoms with E-state index < -0.39 is 0 Å².